The molecule has 0 bridgehead atoms. The molecule has 140 valence electrons. The maximum absolute atomic E-state index is 5.76. The topological polar surface area (TPSA) is 18.5 Å². The molecule has 2 rings (SSSR count). The third-order valence-corrected chi connectivity index (χ3v) is 4.26. The van der Waals surface area contributed by atoms with Gasteiger partial charge < -0.3 is 9.47 Å². The number of ether oxygens (including phenoxy) is 2. The fraction of sp³-hybridized carbons (Fsp3) is 0.280. The van der Waals surface area contributed by atoms with E-state index < -0.39 is 0 Å². The van der Waals surface area contributed by atoms with E-state index in [-0.39, 0.29) is 0 Å². The van der Waals surface area contributed by atoms with Crippen molar-refractivity contribution in [3.05, 3.63) is 95.8 Å². The highest BCUT2D eigenvalue weighted by atomic mass is 16.5. The highest BCUT2D eigenvalue weighted by Crippen LogP contribution is 2.29. The van der Waals surface area contributed by atoms with Crippen molar-refractivity contribution in [3.8, 4) is 11.5 Å². The molecule has 0 radical (unpaired) electrons. The molecule has 0 aliphatic rings. The number of aryl methyl sites for hydroxylation is 2. The van der Waals surface area contributed by atoms with Crippen LogP contribution in [-0.2, 0) is 19.3 Å². The minimum Gasteiger partial charge on any atom is -0.456 e. The zero-order chi connectivity index (χ0) is 19.5. The molecule has 2 aromatic rings. The summed E-state index contributed by atoms with van der Waals surface area (Å²) in [6.07, 6.45) is 7.95. The molecular formula is C25H28O2. The smallest absolute Gasteiger partial charge is 0.133 e. The first kappa shape index (κ1) is 20.4. The molecule has 0 unspecified atom stereocenters. The predicted octanol–water partition coefficient (Wildman–Crippen LogP) is 6.54. The molecule has 0 spiro atoms. The van der Waals surface area contributed by atoms with Gasteiger partial charge in [0.25, 0.3) is 0 Å². The molecule has 2 nitrogen and oxygen atoms in total. The number of hydrogen-bond acceptors (Lipinski definition) is 2. The van der Waals surface area contributed by atoms with Crippen LogP contribution in [0.1, 0.15) is 48.9 Å². The molecule has 0 atom stereocenters. The van der Waals surface area contributed by atoms with Crippen LogP contribution in [-0.4, -0.2) is 0 Å². The second kappa shape index (κ2) is 10.9. The molecule has 27 heavy (non-hydrogen) atoms. The van der Waals surface area contributed by atoms with Gasteiger partial charge in [0.2, 0.25) is 0 Å². The Labute approximate surface area is 163 Å². The van der Waals surface area contributed by atoms with Gasteiger partial charge in [0.1, 0.15) is 24.0 Å². The van der Waals surface area contributed by atoms with Crippen LogP contribution in [0.15, 0.2) is 73.5 Å². The monoisotopic (exact) mass is 360 g/mol. The molecule has 0 N–H and O–H groups in total. The summed E-state index contributed by atoms with van der Waals surface area (Å²) in [5, 5.41) is 0. The van der Waals surface area contributed by atoms with Crippen LogP contribution in [0.4, 0.5) is 0 Å². The summed E-state index contributed by atoms with van der Waals surface area (Å²) in [5.41, 5.74) is 10.1. The van der Waals surface area contributed by atoms with Gasteiger partial charge >= 0.3 is 0 Å². The van der Waals surface area contributed by atoms with E-state index in [0.29, 0.717) is 6.42 Å². The van der Waals surface area contributed by atoms with Crippen LogP contribution >= 0.6 is 0 Å². The summed E-state index contributed by atoms with van der Waals surface area (Å²) in [6.45, 7) is 11.5. The summed E-state index contributed by atoms with van der Waals surface area (Å²) in [5.74, 6) is 1.67. The SMILES string of the molecule is C=C=COc1cc(CCC)ccc1Cc1ccc(CCC)cc1OC=C=C. The Hall–Kier alpha value is -2.92. The van der Waals surface area contributed by atoms with E-state index in [4.69, 9.17) is 9.47 Å². The Morgan fingerprint density at radius 3 is 1.59 bits per heavy atom. The van der Waals surface area contributed by atoms with Gasteiger partial charge in [-0.2, -0.15) is 0 Å². The Kier molecular flexibility index (Phi) is 8.26. The standard InChI is InChI=1S/C25H28O2/c1-5-9-20-11-13-22(24(17-20)26-15-7-3)19-23-14-12-21(10-6-2)18-25(23)27-16-8-4/h11-18H,3-6,9-10,19H2,1-2H3. The van der Waals surface area contributed by atoms with Gasteiger partial charge in [-0.15, -0.1) is 0 Å². The molecule has 0 saturated carbocycles. The summed E-state index contributed by atoms with van der Waals surface area (Å²) in [7, 11) is 0. The Morgan fingerprint density at radius 1 is 0.778 bits per heavy atom. The average Bonchev–Trinajstić information content (AvgIpc) is 2.68. The fourth-order valence-electron chi connectivity index (χ4n) is 3.01. The minimum atomic E-state index is 0.708. The molecule has 0 aliphatic heterocycles. The van der Waals surface area contributed by atoms with Gasteiger partial charge in [-0.3, -0.25) is 0 Å². The Balaban J connectivity index is 2.38. The van der Waals surface area contributed by atoms with Crippen LogP contribution in [0.3, 0.4) is 0 Å². The molecule has 2 aromatic carbocycles. The fourth-order valence-corrected chi connectivity index (χ4v) is 3.01. The lowest BCUT2D eigenvalue weighted by atomic mass is 9.98. The quantitative estimate of drug-likeness (QED) is 0.354. The first-order valence-corrected chi connectivity index (χ1v) is 9.47. The molecule has 2 heteroatoms. The summed E-state index contributed by atoms with van der Waals surface area (Å²) in [4.78, 5) is 0. The number of benzene rings is 2. The van der Waals surface area contributed by atoms with Crippen molar-refractivity contribution >= 4 is 0 Å². The van der Waals surface area contributed by atoms with Crippen LogP contribution in [0.5, 0.6) is 11.5 Å². The largest absolute Gasteiger partial charge is 0.456 e. The first-order chi connectivity index (χ1) is 13.2. The number of rotatable bonds is 10. The van der Waals surface area contributed by atoms with Crippen LogP contribution < -0.4 is 9.47 Å². The maximum Gasteiger partial charge on any atom is 0.133 e. The van der Waals surface area contributed by atoms with Crippen molar-refractivity contribution in [2.24, 2.45) is 0 Å². The van der Waals surface area contributed by atoms with Gasteiger partial charge in [0, 0.05) is 6.42 Å². The van der Waals surface area contributed by atoms with Gasteiger partial charge in [0.05, 0.1) is 0 Å². The maximum atomic E-state index is 5.76. The van der Waals surface area contributed by atoms with Crippen molar-refractivity contribution in [3.63, 3.8) is 0 Å². The lowest BCUT2D eigenvalue weighted by Crippen LogP contribution is -1.98. The van der Waals surface area contributed by atoms with Crippen LogP contribution in [0.2, 0.25) is 0 Å². The van der Waals surface area contributed by atoms with E-state index in [1.165, 1.54) is 23.7 Å². The molecule has 0 aromatic heterocycles. The summed E-state index contributed by atoms with van der Waals surface area (Å²) in [6, 6.07) is 12.8. The lowest BCUT2D eigenvalue weighted by Gasteiger charge is -2.14. The lowest BCUT2D eigenvalue weighted by molar-refractivity contribution is 0.470. The normalized spacial score (nSPS) is 9.85. The van der Waals surface area contributed by atoms with Crippen molar-refractivity contribution in [2.75, 3.05) is 0 Å². The molecule has 0 aliphatic carbocycles. The zero-order valence-electron chi connectivity index (χ0n) is 16.4. The Morgan fingerprint density at radius 2 is 1.22 bits per heavy atom. The summed E-state index contributed by atoms with van der Waals surface area (Å²) < 4.78 is 11.5. The number of hydrogen-bond donors (Lipinski definition) is 0. The summed E-state index contributed by atoms with van der Waals surface area (Å²) >= 11 is 0. The highest BCUT2D eigenvalue weighted by molar-refractivity contribution is 5.46. The van der Waals surface area contributed by atoms with Crippen molar-refractivity contribution in [1.82, 2.24) is 0 Å². The zero-order valence-corrected chi connectivity index (χ0v) is 16.4. The predicted molar refractivity (Wildman–Crippen MR) is 112 cm³/mol. The molecule has 0 amide bonds. The van der Waals surface area contributed by atoms with E-state index in [0.717, 1.165) is 48.3 Å². The minimum absolute atomic E-state index is 0.708. The van der Waals surface area contributed by atoms with Crippen molar-refractivity contribution in [1.29, 1.82) is 0 Å². The van der Waals surface area contributed by atoms with E-state index in [2.05, 4.69) is 74.9 Å². The van der Waals surface area contributed by atoms with Gasteiger partial charge in [0.15, 0.2) is 0 Å². The van der Waals surface area contributed by atoms with E-state index in [9.17, 15) is 0 Å². The second-order valence-electron chi connectivity index (χ2n) is 6.44. The van der Waals surface area contributed by atoms with Gasteiger partial charge in [-0.05, 0) is 47.2 Å². The first-order valence-electron chi connectivity index (χ1n) is 9.47. The molecule has 0 saturated heterocycles. The third kappa shape index (κ3) is 6.08. The van der Waals surface area contributed by atoms with E-state index >= 15 is 0 Å². The molecule has 0 fully saturated rings. The van der Waals surface area contributed by atoms with Crippen LogP contribution in [0, 0.1) is 0 Å². The molecular weight excluding hydrogens is 332 g/mol. The molecule has 0 heterocycles. The highest BCUT2D eigenvalue weighted by Gasteiger charge is 2.11. The van der Waals surface area contributed by atoms with E-state index in [1.54, 1.807) is 0 Å². The van der Waals surface area contributed by atoms with Crippen molar-refractivity contribution < 1.29 is 9.47 Å². The van der Waals surface area contributed by atoms with Crippen LogP contribution in [0.25, 0.3) is 0 Å². The van der Waals surface area contributed by atoms with Gasteiger partial charge in [-0.25, -0.2) is 0 Å². The third-order valence-electron chi connectivity index (χ3n) is 4.26. The van der Waals surface area contributed by atoms with Crippen molar-refractivity contribution in [2.45, 2.75) is 46.0 Å². The second-order valence-corrected chi connectivity index (χ2v) is 6.44. The Bertz CT molecular complexity index is 779. The van der Waals surface area contributed by atoms with Gasteiger partial charge in [-0.1, -0.05) is 75.6 Å². The average molecular weight is 360 g/mol. The van der Waals surface area contributed by atoms with E-state index in [1.807, 2.05) is 0 Å².